The zero-order valence-electron chi connectivity index (χ0n) is 11.4. The van der Waals surface area contributed by atoms with Crippen LogP contribution in [0.4, 0.5) is 17.6 Å². The molecule has 0 radical (unpaired) electrons. The van der Waals surface area contributed by atoms with Crippen molar-refractivity contribution >= 4 is 11.6 Å². The Kier molecular flexibility index (Phi) is 5.29. The van der Waals surface area contributed by atoms with Crippen molar-refractivity contribution in [2.75, 3.05) is 5.88 Å². The fraction of sp³-hybridized carbons (Fsp3) is 0.250. The molecule has 118 valence electrons. The minimum absolute atomic E-state index is 0.299. The Bertz CT molecular complexity index is 593. The van der Waals surface area contributed by atoms with E-state index < -0.39 is 17.8 Å². The molecule has 1 atom stereocenters. The third kappa shape index (κ3) is 4.37. The Morgan fingerprint density at radius 1 is 0.955 bits per heavy atom. The Hall–Kier alpha value is -1.75. The average molecular weight is 333 g/mol. The van der Waals surface area contributed by atoms with Gasteiger partial charge in [-0.2, -0.15) is 13.2 Å². The Morgan fingerprint density at radius 2 is 1.55 bits per heavy atom. The van der Waals surface area contributed by atoms with Crippen LogP contribution in [0.1, 0.15) is 23.7 Å². The lowest BCUT2D eigenvalue weighted by Crippen LogP contribution is -2.09. The van der Waals surface area contributed by atoms with Crippen molar-refractivity contribution in [1.29, 1.82) is 0 Å². The lowest BCUT2D eigenvalue weighted by atomic mass is 10.1. The highest BCUT2D eigenvalue weighted by atomic mass is 35.5. The van der Waals surface area contributed by atoms with Crippen LogP contribution in [-0.4, -0.2) is 5.88 Å². The van der Waals surface area contributed by atoms with Gasteiger partial charge in [-0.25, -0.2) is 4.39 Å². The first-order chi connectivity index (χ1) is 10.4. The summed E-state index contributed by atoms with van der Waals surface area (Å²) in [6.45, 7) is 0. The van der Waals surface area contributed by atoms with E-state index in [9.17, 15) is 17.6 Å². The standard InChI is InChI=1S/C16H13ClF4O/c17-10-9-15(11-1-5-13(18)6-2-11)22-14-7-3-12(4-8-14)16(19,20)21/h1-8,15H,9-10H2. The summed E-state index contributed by atoms with van der Waals surface area (Å²) < 4.78 is 56.2. The number of ether oxygens (including phenoxy) is 1. The monoisotopic (exact) mass is 332 g/mol. The van der Waals surface area contributed by atoms with E-state index in [1.807, 2.05) is 0 Å². The maximum atomic E-state index is 12.9. The van der Waals surface area contributed by atoms with Crippen LogP contribution in [0.25, 0.3) is 0 Å². The largest absolute Gasteiger partial charge is 0.486 e. The van der Waals surface area contributed by atoms with Crippen LogP contribution >= 0.6 is 11.6 Å². The van der Waals surface area contributed by atoms with E-state index >= 15 is 0 Å². The molecule has 0 spiro atoms. The first kappa shape index (κ1) is 16.6. The molecule has 22 heavy (non-hydrogen) atoms. The average Bonchev–Trinajstić information content (AvgIpc) is 2.47. The predicted octanol–water partition coefficient (Wildman–Crippen LogP) is 5.59. The third-order valence-corrected chi connectivity index (χ3v) is 3.29. The van der Waals surface area contributed by atoms with E-state index in [4.69, 9.17) is 16.3 Å². The highest BCUT2D eigenvalue weighted by Crippen LogP contribution is 2.32. The molecule has 0 aliphatic rings. The van der Waals surface area contributed by atoms with Crippen molar-refractivity contribution < 1.29 is 22.3 Å². The van der Waals surface area contributed by atoms with Gasteiger partial charge in [-0.15, -0.1) is 11.6 Å². The van der Waals surface area contributed by atoms with Gasteiger partial charge < -0.3 is 4.74 Å². The maximum Gasteiger partial charge on any atom is 0.416 e. The highest BCUT2D eigenvalue weighted by molar-refractivity contribution is 6.17. The summed E-state index contributed by atoms with van der Waals surface area (Å²) in [6.07, 6.45) is -4.38. The number of benzene rings is 2. The van der Waals surface area contributed by atoms with Gasteiger partial charge in [0.25, 0.3) is 0 Å². The second kappa shape index (κ2) is 7.01. The second-order valence-corrected chi connectivity index (χ2v) is 5.04. The molecule has 2 rings (SSSR count). The van der Waals surface area contributed by atoms with Crippen LogP contribution in [-0.2, 0) is 6.18 Å². The Balaban J connectivity index is 2.15. The van der Waals surface area contributed by atoms with Gasteiger partial charge in [-0.1, -0.05) is 12.1 Å². The molecule has 1 nitrogen and oxygen atoms in total. The second-order valence-electron chi connectivity index (χ2n) is 4.66. The quantitative estimate of drug-likeness (QED) is 0.512. The molecule has 0 aliphatic heterocycles. The fourth-order valence-electron chi connectivity index (χ4n) is 1.96. The van der Waals surface area contributed by atoms with E-state index in [0.717, 1.165) is 12.1 Å². The SMILES string of the molecule is Fc1ccc(C(CCCl)Oc2ccc(C(F)(F)F)cc2)cc1. The van der Waals surface area contributed by atoms with Gasteiger partial charge in [0, 0.05) is 12.3 Å². The van der Waals surface area contributed by atoms with Gasteiger partial charge in [0.15, 0.2) is 0 Å². The van der Waals surface area contributed by atoms with Crippen LogP contribution in [0.2, 0.25) is 0 Å². The van der Waals surface area contributed by atoms with Gasteiger partial charge in [0.1, 0.15) is 17.7 Å². The summed E-state index contributed by atoms with van der Waals surface area (Å²) in [6, 6.07) is 10.2. The molecule has 0 aliphatic carbocycles. The molecular formula is C16H13ClF4O. The van der Waals surface area contributed by atoms with Crippen LogP contribution in [0, 0.1) is 5.82 Å². The number of rotatable bonds is 5. The molecular weight excluding hydrogens is 320 g/mol. The minimum Gasteiger partial charge on any atom is -0.486 e. The van der Waals surface area contributed by atoms with Crippen LogP contribution in [0.5, 0.6) is 5.75 Å². The predicted molar refractivity (Wildman–Crippen MR) is 76.6 cm³/mol. The van der Waals surface area contributed by atoms with E-state index in [1.54, 1.807) is 12.1 Å². The maximum absolute atomic E-state index is 12.9. The molecule has 0 saturated heterocycles. The molecule has 0 aromatic heterocycles. The van der Waals surface area contributed by atoms with E-state index in [-0.39, 0.29) is 5.82 Å². The van der Waals surface area contributed by atoms with Crippen molar-refractivity contribution in [3.05, 3.63) is 65.5 Å². The van der Waals surface area contributed by atoms with Crippen LogP contribution in [0.15, 0.2) is 48.5 Å². The molecule has 0 fully saturated rings. The van der Waals surface area contributed by atoms with Gasteiger partial charge in [-0.3, -0.25) is 0 Å². The number of halogens is 5. The van der Waals surface area contributed by atoms with Crippen molar-refractivity contribution in [2.45, 2.75) is 18.7 Å². The van der Waals surface area contributed by atoms with Gasteiger partial charge in [0.2, 0.25) is 0 Å². The number of hydrogen-bond acceptors (Lipinski definition) is 1. The summed E-state index contributed by atoms with van der Waals surface area (Å²) in [7, 11) is 0. The summed E-state index contributed by atoms with van der Waals surface area (Å²) in [5.41, 5.74) is -0.0301. The lowest BCUT2D eigenvalue weighted by Gasteiger charge is -2.19. The number of hydrogen-bond donors (Lipinski definition) is 0. The zero-order valence-corrected chi connectivity index (χ0v) is 12.2. The molecule has 0 bridgehead atoms. The first-order valence-electron chi connectivity index (χ1n) is 6.55. The van der Waals surface area contributed by atoms with E-state index in [0.29, 0.717) is 23.6 Å². The van der Waals surface area contributed by atoms with Gasteiger partial charge in [0.05, 0.1) is 5.56 Å². The molecule has 0 amide bonds. The molecule has 2 aromatic carbocycles. The zero-order chi connectivity index (χ0) is 16.2. The van der Waals surface area contributed by atoms with Crippen molar-refractivity contribution in [2.24, 2.45) is 0 Å². The Labute approximate surface area is 130 Å². The number of alkyl halides is 4. The summed E-state index contributed by atoms with van der Waals surface area (Å²) >= 11 is 5.73. The van der Waals surface area contributed by atoms with Crippen molar-refractivity contribution in [1.82, 2.24) is 0 Å². The van der Waals surface area contributed by atoms with Gasteiger partial charge >= 0.3 is 6.18 Å². The summed E-state index contributed by atoms with van der Waals surface area (Å²) in [4.78, 5) is 0. The Morgan fingerprint density at radius 3 is 2.05 bits per heavy atom. The third-order valence-electron chi connectivity index (χ3n) is 3.07. The smallest absolute Gasteiger partial charge is 0.416 e. The minimum atomic E-state index is -4.38. The summed E-state index contributed by atoms with van der Waals surface area (Å²) in [5.74, 6) is 0.234. The van der Waals surface area contributed by atoms with E-state index in [2.05, 4.69) is 0 Å². The highest BCUT2D eigenvalue weighted by Gasteiger charge is 2.30. The molecule has 0 heterocycles. The molecule has 2 aromatic rings. The van der Waals surface area contributed by atoms with Crippen molar-refractivity contribution in [3.8, 4) is 5.75 Å². The molecule has 0 saturated carbocycles. The fourth-order valence-corrected chi connectivity index (χ4v) is 2.16. The van der Waals surface area contributed by atoms with Crippen LogP contribution in [0.3, 0.4) is 0 Å². The molecule has 6 heteroatoms. The molecule has 1 unspecified atom stereocenters. The van der Waals surface area contributed by atoms with Crippen molar-refractivity contribution in [3.63, 3.8) is 0 Å². The van der Waals surface area contributed by atoms with Crippen LogP contribution < -0.4 is 4.74 Å². The lowest BCUT2D eigenvalue weighted by molar-refractivity contribution is -0.137. The van der Waals surface area contributed by atoms with E-state index in [1.165, 1.54) is 24.3 Å². The molecule has 0 N–H and O–H groups in total. The summed E-state index contributed by atoms with van der Waals surface area (Å²) in [5, 5.41) is 0. The van der Waals surface area contributed by atoms with Gasteiger partial charge in [-0.05, 0) is 42.0 Å². The first-order valence-corrected chi connectivity index (χ1v) is 7.09. The normalized spacial score (nSPS) is 13.0. The topological polar surface area (TPSA) is 9.23 Å².